The third kappa shape index (κ3) is 2.61. The van der Waals surface area contributed by atoms with Crippen LogP contribution in [0.3, 0.4) is 0 Å². The van der Waals surface area contributed by atoms with Gasteiger partial charge in [0.2, 0.25) is 5.78 Å². The number of carbonyl (C=O) groups excluding carboxylic acids is 1. The van der Waals surface area contributed by atoms with Crippen LogP contribution < -0.4 is 0 Å². The quantitative estimate of drug-likeness (QED) is 0.805. The number of aromatic nitrogens is 2. The van der Waals surface area contributed by atoms with Crippen molar-refractivity contribution in [2.45, 2.75) is 26.8 Å². The Hall–Kier alpha value is -1.49. The fourth-order valence-electron chi connectivity index (χ4n) is 1.88. The summed E-state index contributed by atoms with van der Waals surface area (Å²) in [5.41, 5.74) is 1.32. The first-order valence-corrected chi connectivity index (χ1v) is 6.93. The Bertz CT molecular complexity index is 622. The largest absolute Gasteiger partial charge is 0.287 e. The lowest BCUT2D eigenvalue weighted by Crippen LogP contribution is -2.12. The Morgan fingerprint density at radius 1 is 1.42 bits per heavy atom. The molecule has 0 N–H and O–H groups in total. The predicted octanol–water partition coefficient (Wildman–Crippen LogP) is 3.60. The molecule has 5 heteroatoms. The van der Waals surface area contributed by atoms with E-state index in [4.69, 9.17) is 0 Å². The van der Waals surface area contributed by atoms with Crippen LogP contribution in [-0.4, -0.2) is 15.6 Å². The first-order chi connectivity index (χ1) is 9.08. The first-order valence-electron chi connectivity index (χ1n) is 6.13. The zero-order valence-electron chi connectivity index (χ0n) is 10.8. The van der Waals surface area contributed by atoms with E-state index in [0.717, 1.165) is 12.1 Å². The van der Waals surface area contributed by atoms with Crippen LogP contribution in [0, 0.1) is 5.82 Å². The maximum atomic E-state index is 14.0. The highest BCUT2D eigenvalue weighted by molar-refractivity contribution is 9.10. The van der Waals surface area contributed by atoms with E-state index < -0.39 is 5.82 Å². The Balaban J connectivity index is 2.49. The predicted molar refractivity (Wildman–Crippen MR) is 74.8 cm³/mol. The second kappa shape index (κ2) is 5.65. The van der Waals surface area contributed by atoms with Crippen LogP contribution in [0.25, 0.3) is 0 Å². The molecule has 0 unspecified atom stereocenters. The van der Waals surface area contributed by atoms with Crippen molar-refractivity contribution in [3.63, 3.8) is 0 Å². The molecule has 19 heavy (non-hydrogen) atoms. The van der Waals surface area contributed by atoms with Crippen molar-refractivity contribution in [1.82, 2.24) is 9.78 Å². The van der Waals surface area contributed by atoms with Crippen molar-refractivity contribution in [1.29, 1.82) is 0 Å². The molecule has 0 radical (unpaired) electrons. The second-order valence-electron chi connectivity index (χ2n) is 4.12. The molecule has 2 rings (SSSR count). The van der Waals surface area contributed by atoms with E-state index >= 15 is 0 Å². The molecular weight excluding hydrogens is 311 g/mol. The molecule has 0 aliphatic rings. The third-order valence-corrected chi connectivity index (χ3v) is 3.53. The molecule has 2 aromatic rings. The molecular formula is C14H14BrFN2O. The molecule has 0 atom stereocenters. The molecule has 0 aliphatic heterocycles. The third-order valence-electron chi connectivity index (χ3n) is 2.92. The van der Waals surface area contributed by atoms with Crippen molar-refractivity contribution < 1.29 is 9.18 Å². The Kier molecular flexibility index (Phi) is 4.14. The highest BCUT2D eigenvalue weighted by Crippen LogP contribution is 2.21. The van der Waals surface area contributed by atoms with E-state index in [1.807, 2.05) is 13.8 Å². The average molecular weight is 325 g/mol. The van der Waals surface area contributed by atoms with Crippen molar-refractivity contribution in [3.8, 4) is 0 Å². The monoisotopic (exact) mass is 324 g/mol. The van der Waals surface area contributed by atoms with E-state index in [0.29, 0.717) is 12.2 Å². The van der Waals surface area contributed by atoms with Crippen molar-refractivity contribution in [2.24, 2.45) is 0 Å². The van der Waals surface area contributed by atoms with E-state index in [-0.39, 0.29) is 15.8 Å². The highest BCUT2D eigenvalue weighted by atomic mass is 79.9. The van der Waals surface area contributed by atoms with Gasteiger partial charge in [-0.2, -0.15) is 5.10 Å². The van der Waals surface area contributed by atoms with Crippen LogP contribution in [0.5, 0.6) is 0 Å². The standard InChI is InChI=1S/C14H14BrFN2O/c1-3-9-8-12(18(4-2)17-9)14(19)10-6-5-7-11(15)13(10)16/h5-8H,3-4H2,1-2H3. The Morgan fingerprint density at radius 3 is 2.79 bits per heavy atom. The molecule has 0 aliphatic carbocycles. The number of rotatable bonds is 4. The molecule has 1 aromatic heterocycles. The summed E-state index contributed by atoms with van der Waals surface area (Å²) in [5.74, 6) is -0.873. The molecule has 0 bridgehead atoms. The van der Waals surface area contributed by atoms with Crippen LogP contribution in [0.1, 0.15) is 35.6 Å². The number of carbonyl (C=O) groups is 1. The molecule has 1 heterocycles. The number of hydrogen-bond donors (Lipinski definition) is 0. The van der Waals surface area contributed by atoms with Crippen LogP contribution >= 0.6 is 15.9 Å². The lowest BCUT2D eigenvalue weighted by molar-refractivity contribution is 0.102. The topological polar surface area (TPSA) is 34.9 Å². The van der Waals surface area contributed by atoms with Crippen molar-refractivity contribution >= 4 is 21.7 Å². The lowest BCUT2D eigenvalue weighted by Gasteiger charge is -2.05. The summed E-state index contributed by atoms with van der Waals surface area (Å²) >= 11 is 3.09. The number of halogens is 2. The maximum Gasteiger partial charge on any atom is 0.214 e. The summed E-state index contributed by atoms with van der Waals surface area (Å²) in [6.07, 6.45) is 0.744. The van der Waals surface area contributed by atoms with Gasteiger partial charge in [0, 0.05) is 6.54 Å². The molecule has 0 saturated heterocycles. The van der Waals surface area contributed by atoms with Crippen LogP contribution in [0.15, 0.2) is 28.7 Å². The van der Waals surface area contributed by atoms with Crippen LogP contribution in [-0.2, 0) is 13.0 Å². The minimum Gasteiger partial charge on any atom is -0.287 e. The highest BCUT2D eigenvalue weighted by Gasteiger charge is 2.20. The molecule has 3 nitrogen and oxygen atoms in total. The summed E-state index contributed by atoms with van der Waals surface area (Å²) in [6.45, 7) is 4.45. The Morgan fingerprint density at radius 2 is 2.16 bits per heavy atom. The minimum atomic E-state index is -0.533. The van der Waals surface area contributed by atoms with E-state index in [1.165, 1.54) is 6.07 Å². The number of hydrogen-bond acceptors (Lipinski definition) is 2. The lowest BCUT2D eigenvalue weighted by atomic mass is 10.1. The summed E-state index contributed by atoms with van der Waals surface area (Å²) in [7, 11) is 0. The molecule has 0 amide bonds. The van der Waals surface area contributed by atoms with Gasteiger partial charge in [-0.15, -0.1) is 0 Å². The summed E-state index contributed by atoms with van der Waals surface area (Å²) in [5, 5.41) is 4.31. The maximum absolute atomic E-state index is 14.0. The normalized spacial score (nSPS) is 10.7. The van der Waals surface area contributed by atoms with Crippen LogP contribution in [0.4, 0.5) is 4.39 Å². The first kappa shape index (κ1) is 13.9. The summed E-state index contributed by atoms with van der Waals surface area (Å²) in [6, 6.07) is 6.43. The molecule has 0 fully saturated rings. The van der Waals surface area contributed by atoms with Gasteiger partial charge in [0.1, 0.15) is 11.5 Å². The fraction of sp³-hybridized carbons (Fsp3) is 0.286. The van der Waals surface area contributed by atoms with Gasteiger partial charge in [-0.3, -0.25) is 9.48 Å². The van der Waals surface area contributed by atoms with Crippen LogP contribution in [0.2, 0.25) is 0 Å². The zero-order chi connectivity index (χ0) is 14.0. The fourth-order valence-corrected chi connectivity index (χ4v) is 2.25. The summed E-state index contributed by atoms with van der Waals surface area (Å²) in [4.78, 5) is 12.4. The number of nitrogens with zero attached hydrogens (tertiary/aromatic N) is 2. The molecule has 100 valence electrons. The zero-order valence-corrected chi connectivity index (χ0v) is 12.4. The van der Waals surface area contributed by atoms with Gasteiger partial charge < -0.3 is 0 Å². The van der Waals surface area contributed by atoms with Gasteiger partial charge in [0.25, 0.3) is 0 Å². The SMILES string of the molecule is CCc1cc(C(=O)c2cccc(Br)c2F)n(CC)n1. The average Bonchev–Trinajstić information content (AvgIpc) is 2.84. The van der Waals surface area contributed by atoms with E-state index in [9.17, 15) is 9.18 Å². The number of benzene rings is 1. The van der Waals surface area contributed by atoms with Gasteiger partial charge in [-0.05, 0) is 47.5 Å². The molecule has 1 aromatic carbocycles. The van der Waals surface area contributed by atoms with Gasteiger partial charge in [0.15, 0.2) is 0 Å². The van der Waals surface area contributed by atoms with Crippen molar-refractivity contribution in [3.05, 3.63) is 51.5 Å². The second-order valence-corrected chi connectivity index (χ2v) is 4.98. The Labute approximate surface area is 119 Å². The van der Waals surface area contributed by atoms with Gasteiger partial charge in [-0.25, -0.2) is 4.39 Å². The van der Waals surface area contributed by atoms with Gasteiger partial charge in [-0.1, -0.05) is 13.0 Å². The molecule has 0 saturated carbocycles. The minimum absolute atomic E-state index is 0.0617. The van der Waals surface area contributed by atoms with Gasteiger partial charge >= 0.3 is 0 Å². The van der Waals surface area contributed by atoms with E-state index in [1.54, 1.807) is 22.9 Å². The van der Waals surface area contributed by atoms with Gasteiger partial charge in [0.05, 0.1) is 15.7 Å². The smallest absolute Gasteiger partial charge is 0.214 e. The van der Waals surface area contributed by atoms with E-state index in [2.05, 4.69) is 21.0 Å². The summed E-state index contributed by atoms with van der Waals surface area (Å²) < 4.78 is 15.9. The number of aryl methyl sites for hydroxylation is 2. The number of ketones is 1. The van der Waals surface area contributed by atoms with Crippen molar-refractivity contribution in [2.75, 3.05) is 0 Å². The molecule has 0 spiro atoms.